The zero-order valence-electron chi connectivity index (χ0n) is 12.9. The highest BCUT2D eigenvalue weighted by Crippen LogP contribution is 2.38. The van der Waals surface area contributed by atoms with Crippen LogP contribution in [0.5, 0.6) is 0 Å². The molecular formula is C16H28N2O2. The van der Waals surface area contributed by atoms with Crippen molar-refractivity contribution in [3.8, 4) is 6.07 Å². The molecule has 1 aliphatic heterocycles. The maximum absolute atomic E-state index is 9.60. The molecule has 0 radical (unpaired) electrons. The van der Waals surface area contributed by atoms with Crippen LogP contribution in [0.1, 0.15) is 46.0 Å². The number of rotatable bonds is 7. The average Bonchev–Trinajstić information content (AvgIpc) is 3.04. The van der Waals surface area contributed by atoms with Crippen molar-refractivity contribution in [1.82, 2.24) is 5.32 Å². The minimum absolute atomic E-state index is 0.325. The Morgan fingerprint density at radius 1 is 1.45 bits per heavy atom. The quantitative estimate of drug-likeness (QED) is 0.728. The van der Waals surface area contributed by atoms with Crippen LogP contribution in [0.2, 0.25) is 0 Å². The number of hydrogen-bond donors (Lipinski definition) is 1. The molecule has 2 fully saturated rings. The van der Waals surface area contributed by atoms with Gasteiger partial charge in [-0.15, -0.1) is 0 Å². The van der Waals surface area contributed by atoms with Gasteiger partial charge >= 0.3 is 0 Å². The van der Waals surface area contributed by atoms with Gasteiger partial charge in [-0.05, 0) is 45.4 Å². The fourth-order valence-electron chi connectivity index (χ4n) is 3.54. The summed E-state index contributed by atoms with van der Waals surface area (Å²) in [6.07, 6.45) is 5.38. The highest BCUT2D eigenvalue weighted by molar-refractivity contribution is 5.14. The molecule has 0 spiro atoms. The van der Waals surface area contributed by atoms with Crippen molar-refractivity contribution < 1.29 is 9.47 Å². The number of nitrogens with zero attached hydrogens (tertiary/aromatic N) is 1. The molecule has 0 amide bonds. The van der Waals surface area contributed by atoms with Gasteiger partial charge in [-0.1, -0.05) is 6.42 Å². The largest absolute Gasteiger partial charge is 0.381 e. The molecule has 2 rings (SSSR count). The Hall–Kier alpha value is -0.630. The normalized spacial score (nSPS) is 33.7. The van der Waals surface area contributed by atoms with Gasteiger partial charge in [0.2, 0.25) is 0 Å². The third kappa shape index (κ3) is 3.94. The van der Waals surface area contributed by atoms with E-state index in [1.54, 1.807) is 0 Å². The van der Waals surface area contributed by atoms with E-state index in [2.05, 4.69) is 25.2 Å². The van der Waals surface area contributed by atoms with Gasteiger partial charge in [-0.3, -0.25) is 5.32 Å². The van der Waals surface area contributed by atoms with Crippen LogP contribution in [-0.4, -0.2) is 38.0 Å². The van der Waals surface area contributed by atoms with Gasteiger partial charge in [-0.25, -0.2) is 0 Å². The second-order valence-corrected chi connectivity index (χ2v) is 6.56. The molecule has 0 aromatic rings. The summed E-state index contributed by atoms with van der Waals surface area (Å²) in [4.78, 5) is 0. The fourth-order valence-corrected chi connectivity index (χ4v) is 3.54. The number of ether oxygens (including phenoxy) is 2. The van der Waals surface area contributed by atoms with Crippen LogP contribution in [0.3, 0.4) is 0 Å². The minimum Gasteiger partial charge on any atom is -0.381 e. The smallest absolute Gasteiger partial charge is 0.109 e. The first-order valence-corrected chi connectivity index (χ1v) is 8.01. The first-order valence-electron chi connectivity index (χ1n) is 8.01. The molecule has 0 aromatic carbocycles. The van der Waals surface area contributed by atoms with Gasteiger partial charge in [0.15, 0.2) is 0 Å². The molecule has 2 aliphatic rings. The lowest BCUT2D eigenvalue weighted by Gasteiger charge is -2.32. The molecule has 20 heavy (non-hydrogen) atoms. The minimum atomic E-state index is -0.325. The van der Waals surface area contributed by atoms with Crippen molar-refractivity contribution >= 4 is 0 Å². The van der Waals surface area contributed by atoms with E-state index in [-0.39, 0.29) is 5.54 Å². The molecule has 114 valence electrons. The SMILES string of the molecule is CC(C)NC1(C#N)CCCC1CCOCC1CCOC1. The molecule has 4 nitrogen and oxygen atoms in total. The van der Waals surface area contributed by atoms with Crippen LogP contribution in [0, 0.1) is 23.2 Å². The van der Waals surface area contributed by atoms with Crippen LogP contribution in [0.15, 0.2) is 0 Å². The molecule has 1 saturated heterocycles. The van der Waals surface area contributed by atoms with E-state index in [1.165, 1.54) is 0 Å². The Bertz CT molecular complexity index is 334. The molecule has 4 heteroatoms. The van der Waals surface area contributed by atoms with Crippen molar-refractivity contribution in [3.05, 3.63) is 0 Å². The molecule has 0 aromatic heterocycles. The van der Waals surface area contributed by atoms with E-state index >= 15 is 0 Å². The van der Waals surface area contributed by atoms with E-state index in [9.17, 15) is 5.26 Å². The Morgan fingerprint density at radius 2 is 2.30 bits per heavy atom. The molecule has 3 atom stereocenters. The highest BCUT2D eigenvalue weighted by Gasteiger charge is 2.43. The van der Waals surface area contributed by atoms with E-state index in [4.69, 9.17) is 9.47 Å². The van der Waals surface area contributed by atoms with Crippen molar-refractivity contribution in [2.75, 3.05) is 26.4 Å². The van der Waals surface area contributed by atoms with Crippen molar-refractivity contribution in [2.24, 2.45) is 11.8 Å². The van der Waals surface area contributed by atoms with Crippen molar-refractivity contribution in [3.63, 3.8) is 0 Å². The molecule has 1 N–H and O–H groups in total. The van der Waals surface area contributed by atoms with Gasteiger partial charge < -0.3 is 9.47 Å². The number of hydrogen-bond acceptors (Lipinski definition) is 4. The topological polar surface area (TPSA) is 54.3 Å². The first kappa shape index (κ1) is 15.8. The standard InChI is InChI=1S/C16H28N2O2/c1-13(2)18-16(12-17)7-3-4-15(16)6-9-20-11-14-5-8-19-10-14/h13-15,18H,3-11H2,1-2H3. The van der Waals surface area contributed by atoms with Gasteiger partial charge in [0.1, 0.15) is 5.54 Å². The van der Waals surface area contributed by atoms with Crippen LogP contribution >= 0.6 is 0 Å². The van der Waals surface area contributed by atoms with Gasteiger partial charge in [0.05, 0.1) is 19.3 Å². The first-order chi connectivity index (χ1) is 9.66. The molecule has 0 bridgehead atoms. The van der Waals surface area contributed by atoms with Crippen molar-refractivity contribution in [1.29, 1.82) is 5.26 Å². The highest BCUT2D eigenvalue weighted by atomic mass is 16.5. The second kappa shape index (κ2) is 7.40. The average molecular weight is 280 g/mol. The van der Waals surface area contributed by atoms with E-state index < -0.39 is 0 Å². The van der Waals surface area contributed by atoms with Crippen LogP contribution in [0.25, 0.3) is 0 Å². The van der Waals surface area contributed by atoms with E-state index in [1.807, 2.05) is 0 Å². The fraction of sp³-hybridized carbons (Fsp3) is 0.938. The summed E-state index contributed by atoms with van der Waals surface area (Å²) in [5, 5.41) is 13.1. The third-order valence-corrected chi connectivity index (χ3v) is 4.55. The summed E-state index contributed by atoms with van der Waals surface area (Å²) >= 11 is 0. The van der Waals surface area contributed by atoms with Crippen LogP contribution in [-0.2, 0) is 9.47 Å². The van der Waals surface area contributed by atoms with Gasteiger partial charge in [0, 0.05) is 25.2 Å². The lowest BCUT2D eigenvalue weighted by Crippen LogP contribution is -2.50. The lowest BCUT2D eigenvalue weighted by atomic mass is 9.85. The number of nitrogens with one attached hydrogen (secondary N) is 1. The molecule has 1 saturated carbocycles. The predicted molar refractivity (Wildman–Crippen MR) is 78.3 cm³/mol. The Morgan fingerprint density at radius 3 is 2.95 bits per heavy atom. The summed E-state index contributed by atoms with van der Waals surface area (Å²) < 4.78 is 11.2. The van der Waals surface area contributed by atoms with E-state index in [0.29, 0.717) is 17.9 Å². The summed E-state index contributed by atoms with van der Waals surface area (Å²) in [6.45, 7) is 7.54. The summed E-state index contributed by atoms with van der Waals surface area (Å²) in [5.41, 5.74) is -0.325. The second-order valence-electron chi connectivity index (χ2n) is 6.56. The molecule has 1 heterocycles. The molecule has 1 aliphatic carbocycles. The number of nitriles is 1. The Balaban J connectivity index is 1.74. The Labute approximate surface area is 122 Å². The van der Waals surface area contributed by atoms with Gasteiger partial charge in [-0.2, -0.15) is 5.26 Å². The van der Waals surface area contributed by atoms with Crippen LogP contribution < -0.4 is 5.32 Å². The monoisotopic (exact) mass is 280 g/mol. The lowest BCUT2D eigenvalue weighted by molar-refractivity contribution is 0.0753. The zero-order chi connectivity index (χ0) is 14.4. The molecule has 3 unspecified atom stereocenters. The van der Waals surface area contributed by atoms with Crippen molar-refractivity contribution in [2.45, 2.75) is 57.5 Å². The summed E-state index contributed by atoms with van der Waals surface area (Å²) in [6, 6.07) is 2.91. The predicted octanol–water partition coefficient (Wildman–Crippen LogP) is 2.49. The van der Waals surface area contributed by atoms with Crippen LogP contribution in [0.4, 0.5) is 0 Å². The molecular weight excluding hydrogens is 252 g/mol. The Kier molecular flexibility index (Phi) is 5.83. The summed E-state index contributed by atoms with van der Waals surface area (Å²) in [5.74, 6) is 1.00. The van der Waals surface area contributed by atoms with Gasteiger partial charge in [0.25, 0.3) is 0 Å². The van der Waals surface area contributed by atoms with E-state index in [0.717, 1.165) is 58.5 Å². The third-order valence-electron chi connectivity index (χ3n) is 4.55. The maximum Gasteiger partial charge on any atom is 0.109 e. The maximum atomic E-state index is 9.60. The summed E-state index contributed by atoms with van der Waals surface area (Å²) in [7, 11) is 0. The zero-order valence-corrected chi connectivity index (χ0v) is 12.9.